The molecule has 2 N–H and O–H groups in total. The zero-order chi connectivity index (χ0) is 19.0. The van der Waals surface area contributed by atoms with E-state index in [2.05, 4.69) is 20.6 Å². The Kier molecular flexibility index (Phi) is 4.65. The minimum absolute atomic E-state index is 0.134. The Bertz CT molecular complexity index is 958. The number of hydrogen-bond acceptors (Lipinski definition) is 5. The molecular formula is C19H21F2N5O. The van der Waals surface area contributed by atoms with Gasteiger partial charge in [0.25, 0.3) is 0 Å². The van der Waals surface area contributed by atoms with E-state index in [-0.39, 0.29) is 17.9 Å². The number of ether oxygens (including phenoxy) is 1. The molecule has 1 aliphatic heterocycles. The molecule has 1 aliphatic rings. The van der Waals surface area contributed by atoms with E-state index in [1.165, 1.54) is 6.20 Å². The SMILES string of the molecule is CC(C)Oc1cc2ncc(-c3cccc(N[C@H]4CNC[C@@H]4F)n3)n2cc1F. The van der Waals surface area contributed by atoms with Gasteiger partial charge in [0.1, 0.15) is 17.6 Å². The third-order valence-electron chi connectivity index (χ3n) is 4.41. The molecule has 0 aliphatic carbocycles. The summed E-state index contributed by atoms with van der Waals surface area (Å²) < 4.78 is 35.3. The number of anilines is 1. The fraction of sp³-hybridized carbons (Fsp3) is 0.368. The van der Waals surface area contributed by atoms with Gasteiger partial charge in [-0.25, -0.2) is 18.7 Å². The summed E-state index contributed by atoms with van der Waals surface area (Å²) in [5.74, 6) is 0.266. The quantitative estimate of drug-likeness (QED) is 0.720. The topological polar surface area (TPSA) is 63.5 Å². The molecule has 0 radical (unpaired) electrons. The van der Waals surface area contributed by atoms with E-state index in [4.69, 9.17) is 4.74 Å². The van der Waals surface area contributed by atoms with Crippen molar-refractivity contribution in [3.05, 3.63) is 42.5 Å². The van der Waals surface area contributed by atoms with Crippen molar-refractivity contribution in [1.29, 1.82) is 0 Å². The highest BCUT2D eigenvalue weighted by Gasteiger charge is 2.26. The molecule has 1 saturated heterocycles. The maximum absolute atomic E-state index is 14.4. The Morgan fingerprint density at radius 2 is 2.19 bits per heavy atom. The number of aromatic nitrogens is 3. The number of rotatable bonds is 5. The van der Waals surface area contributed by atoms with Crippen LogP contribution in [0.1, 0.15) is 13.8 Å². The van der Waals surface area contributed by atoms with E-state index < -0.39 is 12.0 Å². The van der Waals surface area contributed by atoms with Crippen molar-refractivity contribution in [1.82, 2.24) is 19.7 Å². The number of imidazole rings is 1. The highest BCUT2D eigenvalue weighted by molar-refractivity contribution is 5.63. The molecule has 1 fully saturated rings. The standard InChI is InChI=1S/C19H21F2N5O/c1-11(2)27-17-6-19-23-9-16(26(19)10-13(17)21)14-4-3-5-18(24-14)25-15-8-22-7-12(15)20/h3-6,9-12,15,22H,7-8H2,1-2H3,(H,24,25)/t12-,15-/m0/s1. The molecule has 2 atom stereocenters. The Morgan fingerprint density at radius 3 is 2.93 bits per heavy atom. The van der Waals surface area contributed by atoms with Gasteiger partial charge < -0.3 is 15.4 Å². The molecule has 0 bridgehead atoms. The lowest BCUT2D eigenvalue weighted by molar-refractivity contribution is 0.231. The third-order valence-corrected chi connectivity index (χ3v) is 4.41. The van der Waals surface area contributed by atoms with Crippen LogP contribution in [-0.4, -0.2) is 45.8 Å². The van der Waals surface area contributed by atoms with Crippen molar-refractivity contribution < 1.29 is 13.5 Å². The highest BCUT2D eigenvalue weighted by Crippen LogP contribution is 2.26. The molecule has 0 spiro atoms. The molecule has 6 nitrogen and oxygen atoms in total. The molecule has 0 saturated carbocycles. The summed E-state index contributed by atoms with van der Waals surface area (Å²) in [5.41, 5.74) is 1.82. The van der Waals surface area contributed by atoms with Crippen LogP contribution in [0.3, 0.4) is 0 Å². The van der Waals surface area contributed by atoms with Crippen LogP contribution in [0.4, 0.5) is 14.6 Å². The largest absolute Gasteiger partial charge is 0.488 e. The van der Waals surface area contributed by atoms with Gasteiger partial charge in [0.05, 0.1) is 35.9 Å². The summed E-state index contributed by atoms with van der Waals surface area (Å²) in [5, 5.41) is 6.11. The lowest BCUT2D eigenvalue weighted by Crippen LogP contribution is -2.29. The second-order valence-electron chi connectivity index (χ2n) is 6.86. The molecule has 0 amide bonds. The fourth-order valence-electron chi connectivity index (χ4n) is 3.15. The van der Waals surface area contributed by atoms with Crippen molar-refractivity contribution in [2.24, 2.45) is 0 Å². The predicted molar refractivity (Wildman–Crippen MR) is 99.3 cm³/mol. The molecule has 0 unspecified atom stereocenters. The molecule has 0 aromatic carbocycles. The van der Waals surface area contributed by atoms with Crippen LogP contribution in [0.25, 0.3) is 17.0 Å². The lowest BCUT2D eigenvalue weighted by atomic mass is 10.2. The number of nitrogens with one attached hydrogen (secondary N) is 2. The lowest BCUT2D eigenvalue weighted by Gasteiger charge is -2.15. The smallest absolute Gasteiger partial charge is 0.181 e. The van der Waals surface area contributed by atoms with E-state index in [0.717, 1.165) is 0 Å². The molecule has 4 heterocycles. The van der Waals surface area contributed by atoms with Gasteiger partial charge in [-0.05, 0) is 26.0 Å². The minimum Gasteiger partial charge on any atom is -0.488 e. The highest BCUT2D eigenvalue weighted by atomic mass is 19.1. The second kappa shape index (κ2) is 7.11. The Labute approximate surface area is 155 Å². The molecule has 142 valence electrons. The predicted octanol–water partition coefficient (Wildman–Crippen LogP) is 3.04. The van der Waals surface area contributed by atoms with E-state index in [0.29, 0.717) is 35.9 Å². The van der Waals surface area contributed by atoms with Crippen LogP contribution in [0.2, 0.25) is 0 Å². The van der Waals surface area contributed by atoms with Gasteiger partial charge in [-0.2, -0.15) is 0 Å². The van der Waals surface area contributed by atoms with E-state index in [9.17, 15) is 8.78 Å². The van der Waals surface area contributed by atoms with Gasteiger partial charge in [0, 0.05) is 19.2 Å². The van der Waals surface area contributed by atoms with Gasteiger partial charge in [-0.15, -0.1) is 0 Å². The molecule has 27 heavy (non-hydrogen) atoms. The zero-order valence-corrected chi connectivity index (χ0v) is 15.1. The number of nitrogens with zero attached hydrogens (tertiary/aromatic N) is 3. The van der Waals surface area contributed by atoms with Gasteiger partial charge >= 0.3 is 0 Å². The summed E-state index contributed by atoms with van der Waals surface area (Å²) in [7, 11) is 0. The van der Waals surface area contributed by atoms with Crippen LogP contribution in [-0.2, 0) is 0 Å². The Hall–Kier alpha value is -2.74. The Morgan fingerprint density at radius 1 is 1.33 bits per heavy atom. The maximum atomic E-state index is 14.4. The van der Waals surface area contributed by atoms with Crippen LogP contribution in [0.5, 0.6) is 5.75 Å². The number of pyridine rings is 2. The fourth-order valence-corrected chi connectivity index (χ4v) is 3.15. The average molecular weight is 373 g/mol. The third kappa shape index (κ3) is 3.57. The monoisotopic (exact) mass is 373 g/mol. The molecule has 3 aromatic rings. The molecular weight excluding hydrogens is 352 g/mol. The second-order valence-corrected chi connectivity index (χ2v) is 6.86. The average Bonchev–Trinajstić information content (AvgIpc) is 3.21. The number of halogens is 2. The summed E-state index contributed by atoms with van der Waals surface area (Å²) >= 11 is 0. The van der Waals surface area contributed by atoms with E-state index in [1.54, 1.807) is 22.7 Å². The van der Waals surface area contributed by atoms with Gasteiger partial charge in [0.15, 0.2) is 11.6 Å². The Balaban J connectivity index is 1.66. The van der Waals surface area contributed by atoms with Crippen LogP contribution < -0.4 is 15.4 Å². The number of hydrogen-bond donors (Lipinski definition) is 2. The summed E-state index contributed by atoms with van der Waals surface area (Å²) in [6.45, 7) is 4.56. The van der Waals surface area contributed by atoms with Crippen molar-refractivity contribution in [2.45, 2.75) is 32.2 Å². The van der Waals surface area contributed by atoms with Gasteiger partial charge in [-0.3, -0.25) is 4.40 Å². The van der Waals surface area contributed by atoms with Crippen molar-refractivity contribution >= 4 is 11.5 Å². The van der Waals surface area contributed by atoms with Gasteiger partial charge in [0.2, 0.25) is 0 Å². The first-order valence-electron chi connectivity index (χ1n) is 8.93. The van der Waals surface area contributed by atoms with Crippen molar-refractivity contribution in [3.63, 3.8) is 0 Å². The first-order valence-corrected chi connectivity index (χ1v) is 8.93. The van der Waals surface area contributed by atoms with Crippen LogP contribution in [0, 0.1) is 5.82 Å². The van der Waals surface area contributed by atoms with Crippen molar-refractivity contribution in [2.75, 3.05) is 18.4 Å². The van der Waals surface area contributed by atoms with Crippen LogP contribution in [0.15, 0.2) is 36.7 Å². The number of fused-ring (bicyclic) bond motifs is 1. The number of alkyl halides is 1. The summed E-state index contributed by atoms with van der Waals surface area (Å²) in [6, 6.07) is 6.67. The summed E-state index contributed by atoms with van der Waals surface area (Å²) in [4.78, 5) is 8.88. The molecule has 8 heteroatoms. The van der Waals surface area contributed by atoms with Gasteiger partial charge in [-0.1, -0.05) is 6.07 Å². The zero-order valence-electron chi connectivity index (χ0n) is 15.1. The van der Waals surface area contributed by atoms with Crippen LogP contribution >= 0.6 is 0 Å². The maximum Gasteiger partial charge on any atom is 0.181 e. The van der Waals surface area contributed by atoms with E-state index >= 15 is 0 Å². The van der Waals surface area contributed by atoms with E-state index in [1.807, 2.05) is 26.0 Å². The van der Waals surface area contributed by atoms with Crippen molar-refractivity contribution in [3.8, 4) is 17.1 Å². The first kappa shape index (κ1) is 17.7. The first-order chi connectivity index (χ1) is 13.0. The molecule has 3 aromatic heterocycles. The summed E-state index contributed by atoms with van der Waals surface area (Å²) in [6.07, 6.45) is 1.88. The minimum atomic E-state index is -0.959. The molecule has 4 rings (SSSR count). The normalized spacial score (nSPS) is 19.7.